The van der Waals surface area contributed by atoms with Gasteiger partial charge in [-0.2, -0.15) is 4.98 Å². The van der Waals surface area contributed by atoms with Crippen LogP contribution >= 0.6 is 0 Å². The van der Waals surface area contributed by atoms with Gasteiger partial charge in [0, 0.05) is 18.5 Å². The van der Waals surface area contributed by atoms with Gasteiger partial charge in [0.2, 0.25) is 5.91 Å². The van der Waals surface area contributed by atoms with Gasteiger partial charge in [-0.1, -0.05) is 35.5 Å². The van der Waals surface area contributed by atoms with Crippen molar-refractivity contribution in [2.45, 2.75) is 19.4 Å². The third-order valence-electron chi connectivity index (χ3n) is 4.42. The van der Waals surface area contributed by atoms with E-state index in [1.807, 2.05) is 30.3 Å². The maximum absolute atomic E-state index is 12.5. The average Bonchev–Trinajstić information content (AvgIpc) is 3.31. The van der Waals surface area contributed by atoms with Crippen molar-refractivity contribution in [2.24, 2.45) is 0 Å². The highest BCUT2D eigenvalue weighted by atomic mass is 16.5. The Labute approximate surface area is 159 Å². The molecule has 2 aromatic heterocycles. The van der Waals surface area contributed by atoms with Gasteiger partial charge in [0.1, 0.15) is 6.04 Å². The number of para-hydroxylation sites is 2. The third-order valence-corrected chi connectivity index (χ3v) is 4.42. The molecule has 0 saturated carbocycles. The summed E-state index contributed by atoms with van der Waals surface area (Å²) in [7, 11) is 0. The fourth-order valence-electron chi connectivity index (χ4n) is 2.97. The zero-order valence-corrected chi connectivity index (χ0v) is 15.2. The van der Waals surface area contributed by atoms with E-state index in [1.54, 1.807) is 31.2 Å². The highest BCUT2D eigenvalue weighted by Gasteiger charge is 2.21. The van der Waals surface area contributed by atoms with Crippen LogP contribution in [0.1, 0.15) is 18.8 Å². The molecule has 0 bridgehead atoms. The summed E-state index contributed by atoms with van der Waals surface area (Å²) in [5, 5.41) is 6.73. The van der Waals surface area contributed by atoms with Crippen molar-refractivity contribution in [3.8, 4) is 11.5 Å². The monoisotopic (exact) mass is 378 g/mol. The van der Waals surface area contributed by atoms with Gasteiger partial charge in [-0.05, 0) is 31.2 Å². The number of amides is 1. The van der Waals surface area contributed by atoms with E-state index in [2.05, 4.69) is 15.5 Å². The normalized spacial score (nSPS) is 12.2. The molecule has 1 N–H and O–H groups in total. The van der Waals surface area contributed by atoms with E-state index in [0.29, 0.717) is 35.8 Å². The minimum Gasteiger partial charge on any atom is -0.408 e. The van der Waals surface area contributed by atoms with Crippen molar-refractivity contribution in [3.05, 3.63) is 71.0 Å². The fourth-order valence-corrected chi connectivity index (χ4v) is 2.97. The molecule has 0 aliphatic heterocycles. The Morgan fingerprint density at radius 1 is 1.14 bits per heavy atom. The quantitative estimate of drug-likeness (QED) is 0.553. The minimum atomic E-state index is -0.707. The minimum absolute atomic E-state index is 0.291. The van der Waals surface area contributed by atoms with Crippen LogP contribution in [0.4, 0.5) is 0 Å². The predicted octanol–water partition coefficient (Wildman–Crippen LogP) is 2.56. The number of oxazole rings is 1. The number of rotatable bonds is 6. The van der Waals surface area contributed by atoms with E-state index in [-0.39, 0.29) is 5.91 Å². The highest BCUT2D eigenvalue weighted by molar-refractivity contribution is 5.82. The van der Waals surface area contributed by atoms with Crippen molar-refractivity contribution < 1.29 is 13.7 Å². The Balaban J connectivity index is 1.39. The van der Waals surface area contributed by atoms with E-state index in [4.69, 9.17) is 8.94 Å². The number of carbonyl (C=O) groups is 1. The smallest absolute Gasteiger partial charge is 0.408 e. The second-order valence-corrected chi connectivity index (χ2v) is 6.30. The van der Waals surface area contributed by atoms with Crippen LogP contribution in [0.3, 0.4) is 0 Å². The first-order valence-corrected chi connectivity index (χ1v) is 8.89. The fraction of sp³-hybridized carbons (Fsp3) is 0.200. The Bertz CT molecular complexity index is 1160. The number of nitrogens with zero attached hydrogens (tertiary/aromatic N) is 3. The zero-order valence-electron chi connectivity index (χ0n) is 15.2. The summed E-state index contributed by atoms with van der Waals surface area (Å²) in [5.41, 5.74) is 1.87. The molecule has 1 unspecified atom stereocenters. The lowest BCUT2D eigenvalue weighted by molar-refractivity contribution is -0.123. The molecule has 28 heavy (non-hydrogen) atoms. The van der Waals surface area contributed by atoms with Gasteiger partial charge in [-0.25, -0.2) is 4.79 Å². The maximum Gasteiger partial charge on any atom is 0.420 e. The van der Waals surface area contributed by atoms with Crippen molar-refractivity contribution in [1.82, 2.24) is 20.0 Å². The molecule has 0 spiro atoms. The summed E-state index contributed by atoms with van der Waals surface area (Å²) >= 11 is 0. The lowest BCUT2D eigenvalue weighted by Crippen LogP contribution is -2.35. The van der Waals surface area contributed by atoms with Crippen LogP contribution in [0.5, 0.6) is 0 Å². The van der Waals surface area contributed by atoms with Crippen molar-refractivity contribution in [3.63, 3.8) is 0 Å². The lowest BCUT2D eigenvalue weighted by atomic mass is 10.2. The lowest BCUT2D eigenvalue weighted by Gasteiger charge is -2.12. The van der Waals surface area contributed by atoms with Gasteiger partial charge in [0.05, 0.1) is 5.52 Å². The van der Waals surface area contributed by atoms with Gasteiger partial charge >= 0.3 is 5.76 Å². The molecule has 1 amide bonds. The van der Waals surface area contributed by atoms with Crippen LogP contribution < -0.4 is 11.1 Å². The molecule has 1 atom stereocenters. The van der Waals surface area contributed by atoms with Crippen molar-refractivity contribution >= 4 is 17.0 Å². The average molecular weight is 378 g/mol. The molecule has 0 aliphatic carbocycles. The van der Waals surface area contributed by atoms with Crippen LogP contribution in [-0.4, -0.2) is 27.2 Å². The van der Waals surface area contributed by atoms with Gasteiger partial charge in [-0.3, -0.25) is 9.36 Å². The zero-order chi connectivity index (χ0) is 19.5. The van der Waals surface area contributed by atoms with Gasteiger partial charge in [0.25, 0.3) is 5.89 Å². The van der Waals surface area contributed by atoms with Crippen LogP contribution in [0.25, 0.3) is 22.6 Å². The Hall–Kier alpha value is -3.68. The van der Waals surface area contributed by atoms with E-state index < -0.39 is 11.8 Å². The van der Waals surface area contributed by atoms with Crippen LogP contribution in [0.2, 0.25) is 0 Å². The second kappa shape index (κ2) is 7.51. The summed E-state index contributed by atoms with van der Waals surface area (Å²) in [6, 6.07) is 15.8. The molecule has 4 rings (SSSR count). The van der Waals surface area contributed by atoms with Crippen molar-refractivity contribution in [1.29, 1.82) is 0 Å². The summed E-state index contributed by atoms with van der Waals surface area (Å²) in [6.45, 7) is 1.97. The molecule has 2 heterocycles. The number of hydrogen-bond acceptors (Lipinski definition) is 6. The Kier molecular flexibility index (Phi) is 4.76. The molecule has 0 aliphatic rings. The second-order valence-electron chi connectivity index (χ2n) is 6.30. The van der Waals surface area contributed by atoms with Gasteiger partial charge in [-0.15, -0.1) is 0 Å². The summed E-state index contributed by atoms with van der Waals surface area (Å²) < 4.78 is 11.8. The standard InChI is InChI=1S/C20H18N4O4/c1-13(24-15-9-5-6-10-16(15)27-20(24)26)18(25)21-12-11-17-22-19(28-23-17)14-7-3-2-4-8-14/h2-10,13H,11-12H2,1H3,(H,21,25). The van der Waals surface area contributed by atoms with Gasteiger partial charge in [0.15, 0.2) is 11.4 Å². The van der Waals surface area contributed by atoms with Crippen molar-refractivity contribution in [2.75, 3.05) is 6.54 Å². The summed E-state index contributed by atoms with van der Waals surface area (Å²) in [5.74, 6) is 0.0828. The van der Waals surface area contributed by atoms with Crippen LogP contribution in [0, 0.1) is 0 Å². The Morgan fingerprint density at radius 3 is 2.71 bits per heavy atom. The van der Waals surface area contributed by atoms with Crippen LogP contribution in [0.15, 0.2) is 68.3 Å². The molecule has 0 radical (unpaired) electrons. The van der Waals surface area contributed by atoms with E-state index in [9.17, 15) is 9.59 Å². The number of nitrogens with one attached hydrogen (secondary N) is 1. The molecule has 0 fully saturated rings. The number of benzene rings is 2. The first-order valence-electron chi connectivity index (χ1n) is 8.89. The first-order chi connectivity index (χ1) is 13.6. The molecule has 4 aromatic rings. The molecular formula is C20H18N4O4. The SMILES string of the molecule is CC(C(=O)NCCc1noc(-c2ccccc2)n1)n1c(=O)oc2ccccc21. The summed E-state index contributed by atoms with van der Waals surface area (Å²) in [6.07, 6.45) is 0.413. The topological polar surface area (TPSA) is 103 Å². The van der Waals surface area contributed by atoms with E-state index >= 15 is 0 Å². The molecule has 2 aromatic carbocycles. The number of hydrogen-bond donors (Lipinski definition) is 1. The number of carbonyl (C=O) groups excluding carboxylic acids is 1. The molecule has 8 nitrogen and oxygen atoms in total. The maximum atomic E-state index is 12.5. The van der Waals surface area contributed by atoms with E-state index in [1.165, 1.54) is 4.57 Å². The predicted molar refractivity (Wildman–Crippen MR) is 102 cm³/mol. The Morgan fingerprint density at radius 2 is 1.89 bits per heavy atom. The van der Waals surface area contributed by atoms with E-state index in [0.717, 1.165) is 5.56 Å². The van der Waals surface area contributed by atoms with Crippen LogP contribution in [-0.2, 0) is 11.2 Å². The summed E-state index contributed by atoms with van der Waals surface area (Å²) in [4.78, 5) is 28.9. The number of fused-ring (bicyclic) bond motifs is 1. The first kappa shape index (κ1) is 17.7. The molecule has 8 heteroatoms. The number of aromatic nitrogens is 3. The largest absolute Gasteiger partial charge is 0.420 e. The molecule has 142 valence electrons. The van der Waals surface area contributed by atoms with Gasteiger partial charge < -0.3 is 14.3 Å². The molecular weight excluding hydrogens is 360 g/mol. The third kappa shape index (κ3) is 3.44. The highest BCUT2D eigenvalue weighted by Crippen LogP contribution is 2.17. The molecule has 0 saturated heterocycles.